The second-order valence-corrected chi connectivity index (χ2v) is 10.3. The van der Waals surface area contributed by atoms with Gasteiger partial charge in [0.2, 0.25) is 0 Å². The number of methoxy groups -OCH3 is 1. The molecule has 9 nitrogen and oxygen atoms in total. The summed E-state index contributed by atoms with van der Waals surface area (Å²) in [6.07, 6.45) is 7.31. The van der Waals surface area contributed by atoms with Gasteiger partial charge in [-0.25, -0.2) is 14.2 Å². The Balaban J connectivity index is 1.38. The number of hydrogen-bond acceptors (Lipinski definition) is 5. The standard InChI is InChI=1S/C32H29FN6O3/c1-42-26-10-5-9-24(27(26)33)36-29(40)23-13-11-22(12-14-23)28-25-20-35-16-18-38(25)30(37-28)32(15-6-17-39(32)31(34)41)19-21-7-3-2-4-8-21/h2-5,7-14,16,18,20H,6,15,17,19H2,1H3,(H2,34,41)(H,36,40)/t32-/m0/s1. The summed E-state index contributed by atoms with van der Waals surface area (Å²) in [5, 5.41) is 2.60. The Morgan fingerprint density at radius 2 is 1.86 bits per heavy atom. The van der Waals surface area contributed by atoms with Crippen molar-refractivity contribution in [1.82, 2.24) is 19.3 Å². The molecule has 1 saturated heterocycles. The Bertz CT molecular complexity index is 1770. The summed E-state index contributed by atoms with van der Waals surface area (Å²) in [4.78, 5) is 36.8. The topological polar surface area (TPSA) is 115 Å². The van der Waals surface area contributed by atoms with E-state index in [9.17, 15) is 14.0 Å². The van der Waals surface area contributed by atoms with E-state index < -0.39 is 23.3 Å². The smallest absolute Gasteiger partial charge is 0.315 e. The van der Waals surface area contributed by atoms with E-state index >= 15 is 0 Å². The van der Waals surface area contributed by atoms with Gasteiger partial charge >= 0.3 is 6.03 Å². The van der Waals surface area contributed by atoms with Crippen molar-refractivity contribution in [3.05, 3.63) is 114 Å². The second-order valence-electron chi connectivity index (χ2n) is 10.3. The number of nitrogens with zero attached hydrogens (tertiary/aromatic N) is 4. The van der Waals surface area contributed by atoms with Crippen LogP contribution >= 0.6 is 0 Å². The van der Waals surface area contributed by atoms with Gasteiger partial charge in [0.15, 0.2) is 11.6 Å². The molecule has 3 aromatic carbocycles. The van der Waals surface area contributed by atoms with E-state index in [1.54, 1.807) is 47.6 Å². The quantitative estimate of drug-likeness (QED) is 0.274. The molecule has 1 aliphatic heterocycles. The van der Waals surface area contributed by atoms with Crippen LogP contribution in [0.1, 0.15) is 34.6 Å². The first-order valence-electron chi connectivity index (χ1n) is 13.6. The number of fused-ring (bicyclic) bond motifs is 1. The highest BCUT2D eigenvalue weighted by Crippen LogP contribution is 2.43. The molecule has 1 aliphatic rings. The van der Waals surface area contributed by atoms with Gasteiger partial charge in [0.05, 0.1) is 30.2 Å². The largest absolute Gasteiger partial charge is 0.494 e. The van der Waals surface area contributed by atoms with E-state index in [1.807, 2.05) is 40.9 Å². The monoisotopic (exact) mass is 564 g/mol. The summed E-state index contributed by atoms with van der Waals surface area (Å²) >= 11 is 0. The van der Waals surface area contributed by atoms with Crippen LogP contribution in [0.2, 0.25) is 0 Å². The molecule has 3 N–H and O–H groups in total. The Kier molecular flexibility index (Phi) is 7.03. The number of hydrogen-bond donors (Lipinski definition) is 2. The Morgan fingerprint density at radius 1 is 1.07 bits per heavy atom. The van der Waals surface area contributed by atoms with Crippen molar-refractivity contribution >= 4 is 23.1 Å². The van der Waals surface area contributed by atoms with Gasteiger partial charge in [0.25, 0.3) is 5.91 Å². The first-order valence-corrected chi connectivity index (χ1v) is 13.6. The number of carbonyl (C=O) groups is 2. The molecule has 0 unspecified atom stereocenters. The number of nitrogens with two attached hydrogens (primary N) is 1. The predicted octanol–water partition coefficient (Wildman–Crippen LogP) is 5.41. The Labute approximate surface area is 241 Å². The number of benzene rings is 3. The molecule has 0 bridgehead atoms. The van der Waals surface area contributed by atoms with Gasteiger partial charge in [-0.3, -0.25) is 14.2 Å². The fraction of sp³-hybridized carbons (Fsp3) is 0.188. The maximum absolute atomic E-state index is 14.6. The van der Waals surface area contributed by atoms with Crippen LogP contribution in [0.3, 0.4) is 0 Å². The van der Waals surface area contributed by atoms with Crippen LogP contribution in [0, 0.1) is 5.82 Å². The number of carbonyl (C=O) groups excluding carboxylic acids is 2. The predicted molar refractivity (Wildman–Crippen MR) is 157 cm³/mol. The molecule has 0 radical (unpaired) electrons. The van der Waals surface area contributed by atoms with Crippen molar-refractivity contribution in [3.63, 3.8) is 0 Å². The molecule has 0 saturated carbocycles. The van der Waals surface area contributed by atoms with Crippen LogP contribution in [0.5, 0.6) is 5.75 Å². The average Bonchev–Trinajstić information content (AvgIpc) is 3.62. The van der Waals surface area contributed by atoms with Crippen molar-refractivity contribution in [1.29, 1.82) is 0 Å². The number of ether oxygens (including phenoxy) is 1. The highest BCUT2D eigenvalue weighted by molar-refractivity contribution is 6.04. The summed E-state index contributed by atoms with van der Waals surface area (Å²) in [6, 6.07) is 21.0. The number of aromatic nitrogens is 3. The molecule has 1 atom stereocenters. The van der Waals surface area contributed by atoms with Crippen LogP contribution < -0.4 is 15.8 Å². The maximum Gasteiger partial charge on any atom is 0.315 e. The number of nitrogens with one attached hydrogen (secondary N) is 1. The van der Waals surface area contributed by atoms with Gasteiger partial charge in [0.1, 0.15) is 11.4 Å². The highest BCUT2D eigenvalue weighted by atomic mass is 19.1. The first kappa shape index (κ1) is 26.9. The fourth-order valence-corrected chi connectivity index (χ4v) is 5.85. The molecular weight excluding hydrogens is 535 g/mol. The lowest BCUT2D eigenvalue weighted by atomic mass is 9.87. The lowest BCUT2D eigenvalue weighted by Gasteiger charge is -2.36. The van der Waals surface area contributed by atoms with E-state index in [0.717, 1.165) is 23.1 Å². The number of anilines is 1. The second kappa shape index (κ2) is 11.0. The zero-order valence-electron chi connectivity index (χ0n) is 23.0. The Hall–Kier alpha value is -5.25. The SMILES string of the molecule is COc1cccc(NC(=O)c2ccc(-c3nc([C@@]4(Cc5ccccc5)CCCN4C(N)=O)n4ccncc34)cc2)c1F. The summed E-state index contributed by atoms with van der Waals surface area (Å²) in [5.41, 5.74) is 8.79. The van der Waals surface area contributed by atoms with Gasteiger partial charge in [0, 0.05) is 36.5 Å². The summed E-state index contributed by atoms with van der Waals surface area (Å²) in [5.74, 6) is -0.363. The fourth-order valence-electron chi connectivity index (χ4n) is 5.85. The van der Waals surface area contributed by atoms with Crippen molar-refractivity contribution in [3.8, 4) is 17.0 Å². The number of imidazole rings is 1. The third-order valence-corrected chi connectivity index (χ3v) is 7.81. The minimum absolute atomic E-state index is 0.0264. The van der Waals surface area contributed by atoms with Crippen molar-refractivity contribution in [2.24, 2.45) is 5.73 Å². The van der Waals surface area contributed by atoms with Gasteiger partial charge in [-0.05, 0) is 42.7 Å². The molecule has 6 rings (SSSR count). The van der Waals surface area contributed by atoms with Crippen LogP contribution in [0.15, 0.2) is 91.4 Å². The van der Waals surface area contributed by atoms with E-state index in [0.29, 0.717) is 36.5 Å². The molecule has 2 aromatic heterocycles. The van der Waals surface area contributed by atoms with E-state index in [-0.39, 0.29) is 11.4 Å². The molecule has 1 fully saturated rings. The van der Waals surface area contributed by atoms with Gasteiger partial charge < -0.3 is 20.7 Å². The highest BCUT2D eigenvalue weighted by Gasteiger charge is 2.48. The zero-order valence-corrected chi connectivity index (χ0v) is 23.0. The molecular formula is C32H29FN6O3. The van der Waals surface area contributed by atoms with Crippen molar-refractivity contribution in [2.75, 3.05) is 19.0 Å². The van der Waals surface area contributed by atoms with Crippen LogP contribution in [-0.2, 0) is 12.0 Å². The Morgan fingerprint density at radius 3 is 2.60 bits per heavy atom. The van der Waals surface area contributed by atoms with Crippen molar-refractivity contribution in [2.45, 2.75) is 24.8 Å². The third kappa shape index (κ3) is 4.70. The maximum atomic E-state index is 14.6. The van der Waals surface area contributed by atoms with E-state index in [2.05, 4.69) is 10.3 Å². The molecule has 3 amide bonds. The minimum Gasteiger partial charge on any atom is -0.494 e. The summed E-state index contributed by atoms with van der Waals surface area (Å²) in [7, 11) is 1.37. The minimum atomic E-state index is -0.754. The molecule has 5 aromatic rings. The summed E-state index contributed by atoms with van der Waals surface area (Å²) in [6.45, 7) is 0.537. The number of likely N-dealkylation sites (tertiary alicyclic amines) is 1. The molecule has 212 valence electrons. The summed E-state index contributed by atoms with van der Waals surface area (Å²) < 4.78 is 21.5. The number of rotatable bonds is 7. The van der Waals surface area contributed by atoms with Crippen LogP contribution in [0.25, 0.3) is 16.8 Å². The van der Waals surface area contributed by atoms with Gasteiger partial charge in [-0.15, -0.1) is 0 Å². The third-order valence-electron chi connectivity index (χ3n) is 7.81. The van der Waals surface area contributed by atoms with Crippen LogP contribution in [0.4, 0.5) is 14.9 Å². The number of halogens is 1. The molecule has 0 spiro atoms. The average molecular weight is 565 g/mol. The van der Waals surface area contributed by atoms with E-state index in [1.165, 1.54) is 19.2 Å². The number of urea groups is 1. The lowest BCUT2D eigenvalue weighted by molar-refractivity contribution is 0.102. The van der Waals surface area contributed by atoms with Crippen LogP contribution in [-0.4, -0.2) is 44.9 Å². The molecule has 3 heterocycles. The van der Waals surface area contributed by atoms with Crippen molar-refractivity contribution < 1.29 is 18.7 Å². The zero-order chi connectivity index (χ0) is 29.3. The number of amides is 3. The van der Waals surface area contributed by atoms with E-state index in [4.69, 9.17) is 15.5 Å². The first-order chi connectivity index (χ1) is 20.4. The molecule has 42 heavy (non-hydrogen) atoms. The number of primary amides is 1. The van der Waals surface area contributed by atoms with Gasteiger partial charge in [-0.2, -0.15) is 0 Å². The van der Waals surface area contributed by atoms with Gasteiger partial charge in [-0.1, -0.05) is 48.5 Å². The lowest BCUT2D eigenvalue weighted by Crippen LogP contribution is -2.50. The normalized spacial score (nSPS) is 16.5. The molecule has 10 heteroatoms. The molecule has 0 aliphatic carbocycles.